The molecule has 1 aliphatic heterocycles. The van der Waals surface area contributed by atoms with E-state index < -0.39 is 5.92 Å². The molecule has 1 aromatic heterocycles. The molecule has 0 bridgehead atoms. The van der Waals surface area contributed by atoms with Gasteiger partial charge in [-0.05, 0) is 24.6 Å². The van der Waals surface area contributed by atoms with Crippen LogP contribution in [-0.4, -0.2) is 17.5 Å². The van der Waals surface area contributed by atoms with E-state index in [-0.39, 0.29) is 5.91 Å². The summed E-state index contributed by atoms with van der Waals surface area (Å²) in [6, 6.07) is 19.1. The third-order valence-corrected chi connectivity index (χ3v) is 4.69. The molecule has 0 atom stereocenters. The van der Waals surface area contributed by atoms with Crippen molar-refractivity contribution in [3.8, 4) is 17.4 Å². The Morgan fingerprint density at radius 1 is 1.04 bits per heavy atom. The fraction of sp³-hybridized carbons (Fsp3) is 0.217. The lowest BCUT2D eigenvalue weighted by Crippen LogP contribution is -2.31. The van der Waals surface area contributed by atoms with E-state index in [1.807, 2.05) is 67.6 Å². The normalized spacial score (nSPS) is 12.5. The average Bonchev–Trinajstić information content (AvgIpc) is 2.74. The van der Waals surface area contributed by atoms with E-state index in [0.29, 0.717) is 19.0 Å². The predicted octanol–water partition coefficient (Wildman–Crippen LogP) is 4.42. The summed E-state index contributed by atoms with van der Waals surface area (Å²) >= 11 is 0. The lowest BCUT2D eigenvalue weighted by Gasteiger charge is -2.27. The fourth-order valence-electron chi connectivity index (χ4n) is 3.36. The molecule has 0 radical (unpaired) electrons. The first-order valence-electron chi connectivity index (χ1n) is 9.48. The van der Waals surface area contributed by atoms with E-state index in [9.17, 15) is 4.79 Å². The van der Waals surface area contributed by atoms with Crippen molar-refractivity contribution in [2.24, 2.45) is 0 Å². The van der Waals surface area contributed by atoms with Gasteiger partial charge < -0.3 is 14.8 Å². The molecule has 2 aromatic carbocycles. The van der Waals surface area contributed by atoms with Gasteiger partial charge in [-0.1, -0.05) is 49.4 Å². The zero-order valence-electron chi connectivity index (χ0n) is 15.7. The van der Waals surface area contributed by atoms with Gasteiger partial charge in [0.05, 0.1) is 12.5 Å². The number of fused-ring (bicyclic) bond motifs is 2. The monoisotopic (exact) mass is 374 g/mol. The Balaban J connectivity index is 1.58. The van der Waals surface area contributed by atoms with Crippen LogP contribution < -0.4 is 14.8 Å². The number of amides is 1. The molecular weight excluding hydrogens is 352 g/mol. The highest BCUT2D eigenvalue weighted by Gasteiger charge is 2.32. The quantitative estimate of drug-likeness (QED) is 0.694. The maximum atomic E-state index is 13.2. The molecule has 142 valence electrons. The molecule has 0 spiro atoms. The average molecular weight is 374 g/mol. The smallest absolute Gasteiger partial charge is 0.232 e. The van der Waals surface area contributed by atoms with Crippen molar-refractivity contribution in [1.29, 1.82) is 0 Å². The highest BCUT2D eigenvalue weighted by Crippen LogP contribution is 2.43. The molecule has 0 aliphatic carbocycles. The molecule has 1 amide bonds. The summed E-state index contributed by atoms with van der Waals surface area (Å²) in [4.78, 5) is 17.5. The Hall–Kier alpha value is -3.34. The highest BCUT2D eigenvalue weighted by molar-refractivity contribution is 5.89. The predicted molar refractivity (Wildman–Crippen MR) is 107 cm³/mol. The van der Waals surface area contributed by atoms with Crippen LogP contribution in [0.5, 0.6) is 17.4 Å². The third kappa shape index (κ3) is 3.56. The fourth-order valence-corrected chi connectivity index (χ4v) is 3.36. The number of nitrogens with one attached hydrogen (secondary N) is 1. The molecule has 28 heavy (non-hydrogen) atoms. The van der Waals surface area contributed by atoms with Crippen molar-refractivity contribution < 1.29 is 14.3 Å². The Kier molecular flexibility index (Phi) is 5.24. The Labute approximate surface area is 164 Å². The first kappa shape index (κ1) is 18.0. The van der Waals surface area contributed by atoms with Gasteiger partial charge in [-0.3, -0.25) is 4.79 Å². The number of nitrogens with zero attached hydrogens (tertiary/aromatic N) is 1. The van der Waals surface area contributed by atoms with E-state index in [0.717, 1.165) is 34.6 Å². The molecule has 2 heterocycles. The first-order chi connectivity index (χ1) is 13.8. The maximum Gasteiger partial charge on any atom is 0.232 e. The van der Waals surface area contributed by atoms with E-state index in [4.69, 9.17) is 9.47 Å². The van der Waals surface area contributed by atoms with Crippen LogP contribution in [0.2, 0.25) is 0 Å². The minimum atomic E-state index is -0.419. The van der Waals surface area contributed by atoms with Crippen LogP contribution in [0, 0.1) is 0 Å². The molecule has 0 saturated carbocycles. The number of benzene rings is 2. The second-order valence-electron chi connectivity index (χ2n) is 6.64. The van der Waals surface area contributed by atoms with Gasteiger partial charge in [0.15, 0.2) is 0 Å². The van der Waals surface area contributed by atoms with Crippen LogP contribution in [0.4, 0.5) is 0 Å². The molecule has 5 heteroatoms. The van der Waals surface area contributed by atoms with Gasteiger partial charge in [0.1, 0.15) is 11.5 Å². The Morgan fingerprint density at radius 2 is 1.71 bits per heavy atom. The van der Waals surface area contributed by atoms with E-state index >= 15 is 0 Å². The number of carbonyl (C=O) groups is 1. The largest absolute Gasteiger partial charge is 0.477 e. The van der Waals surface area contributed by atoms with E-state index in [1.54, 1.807) is 6.20 Å². The summed E-state index contributed by atoms with van der Waals surface area (Å²) < 4.78 is 11.7. The minimum absolute atomic E-state index is 0.0755. The van der Waals surface area contributed by atoms with Crippen LogP contribution in [0.3, 0.4) is 0 Å². The van der Waals surface area contributed by atoms with Gasteiger partial charge in [-0.2, -0.15) is 0 Å². The number of para-hydroxylation sites is 2. The Morgan fingerprint density at radius 3 is 2.39 bits per heavy atom. The second kappa shape index (κ2) is 8.13. The van der Waals surface area contributed by atoms with E-state index in [1.165, 1.54) is 0 Å². The SMILES string of the molecule is CCCOc1ncccc1CNC(=O)C1c2ccccc2Oc2ccccc21. The van der Waals surface area contributed by atoms with Crippen molar-refractivity contribution in [1.82, 2.24) is 10.3 Å². The molecule has 5 nitrogen and oxygen atoms in total. The topological polar surface area (TPSA) is 60.5 Å². The molecule has 3 aromatic rings. The zero-order chi connectivity index (χ0) is 19.3. The molecule has 0 fully saturated rings. The number of pyridine rings is 1. The summed E-state index contributed by atoms with van der Waals surface area (Å²) in [6.45, 7) is 3.00. The van der Waals surface area contributed by atoms with Crippen LogP contribution in [0.15, 0.2) is 66.9 Å². The standard InChI is InChI=1S/C23H22N2O3/c1-2-14-27-23-16(8-7-13-24-23)15-25-22(26)21-17-9-3-5-11-19(17)28-20-12-6-4-10-18(20)21/h3-13,21H,2,14-15H2,1H3,(H,25,26). The maximum absolute atomic E-state index is 13.2. The number of carbonyl (C=O) groups excluding carboxylic acids is 1. The first-order valence-corrected chi connectivity index (χ1v) is 9.48. The van der Waals surface area contributed by atoms with Gasteiger partial charge in [-0.15, -0.1) is 0 Å². The van der Waals surface area contributed by atoms with Crippen LogP contribution in [-0.2, 0) is 11.3 Å². The van der Waals surface area contributed by atoms with Gasteiger partial charge in [-0.25, -0.2) is 4.98 Å². The van der Waals surface area contributed by atoms with Gasteiger partial charge in [0, 0.05) is 29.4 Å². The lowest BCUT2D eigenvalue weighted by atomic mass is 9.87. The molecular formula is C23H22N2O3. The molecule has 1 N–H and O–H groups in total. The Bertz CT molecular complexity index is 941. The van der Waals surface area contributed by atoms with Crippen LogP contribution >= 0.6 is 0 Å². The molecule has 4 rings (SSSR count). The highest BCUT2D eigenvalue weighted by atomic mass is 16.5. The van der Waals surface area contributed by atoms with Crippen molar-refractivity contribution >= 4 is 5.91 Å². The van der Waals surface area contributed by atoms with Crippen molar-refractivity contribution in [2.45, 2.75) is 25.8 Å². The second-order valence-corrected chi connectivity index (χ2v) is 6.64. The number of hydrogen-bond acceptors (Lipinski definition) is 4. The zero-order valence-corrected chi connectivity index (χ0v) is 15.7. The van der Waals surface area contributed by atoms with Crippen LogP contribution in [0.25, 0.3) is 0 Å². The number of rotatable bonds is 6. The summed E-state index contributed by atoms with van der Waals surface area (Å²) in [5.41, 5.74) is 2.60. The summed E-state index contributed by atoms with van der Waals surface area (Å²) in [7, 11) is 0. The number of aromatic nitrogens is 1. The summed E-state index contributed by atoms with van der Waals surface area (Å²) in [6.07, 6.45) is 2.60. The lowest BCUT2D eigenvalue weighted by molar-refractivity contribution is -0.122. The van der Waals surface area contributed by atoms with Gasteiger partial charge >= 0.3 is 0 Å². The molecule has 0 unspecified atom stereocenters. The third-order valence-electron chi connectivity index (χ3n) is 4.69. The van der Waals surface area contributed by atoms with Crippen LogP contribution in [0.1, 0.15) is 36.0 Å². The molecule has 0 saturated heterocycles. The van der Waals surface area contributed by atoms with Gasteiger partial charge in [0.2, 0.25) is 11.8 Å². The summed E-state index contributed by atoms with van der Waals surface area (Å²) in [5.74, 6) is 1.51. The van der Waals surface area contributed by atoms with Crippen molar-refractivity contribution in [2.75, 3.05) is 6.61 Å². The number of hydrogen-bond donors (Lipinski definition) is 1. The number of ether oxygens (including phenoxy) is 2. The molecule has 1 aliphatic rings. The van der Waals surface area contributed by atoms with Crippen molar-refractivity contribution in [3.05, 3.63) is 83.6 Å². The van der Waals surface area contributed by atoms with E-state index in [2.05, 4.69) is 10.3 Å². The minimum Gasteiger partial charge on any atom is -0.477 e. The van der Waals surface area contributed by atoms with Crippen molar-refractivity contribution in [3.63, 3.8) is 0 Å². The summed E-state index contributed by atoms with van der Waals surface area (Å²) in [5, 5.41) is 3.05. The van der Waals surface area contributed by atoms with Gasteiger partial charge in [0.25, 0.3) is 0 Å².